The molecule has 1 aromatic heterocycles. The number of benzene rings is 1. The molecule has 6 nitrogen and oxygen atoms in total. The van der Waals surface area contributed by atoms with Gasteiger partial charge in [-0.25, -0.2) is 4.98 Å². The molecular formula is C15H19N3O3S. The maximum Gasteiger partial charge on any atom is 0.308 e. The van der Waals surface area contributed by atoms with Crippen molar-refractivity contribution >= 4 is 34.7 Å². The van der Waals surface area contributed by atoms with Crippen LogP contribution in [0, 0.1) is 5.92 Å². The minimum Gasteiger partial charge on any atom is -0.481 e. The van der Waals surface area contributed by atoms with E-state index in [-0.39, 0.29) is 19.0 Å². The number of para-hydroxylation sites is 2. The molecule has 1 aromatic carbocycles. The number of nitrogens with one attached hydrogen (secondary N) is 1. The predicted octanol–water partition coefficient (Wildman–Crippen LogP) is 1.74. The molecule has 0 aliphatic carbocycles. The molecule has 1 amide bonds. The molecule has 1 atom stereocenters. The van der Waals surface area contributed by atoms with Gasteiger partial charge in [0.15, 0.2) is 0 Å². The van der Waals surface area contributed by atoms with Crippen molar-refractivity contribution in [1.29, 1.82) is 0 Å². The Hall–Kier alpha value is -2.02. The summed E-state index contributed by atoms with van der Waals surface area (Å²) in [5, 5.41) is 11.5. The summed E-state index contributed by atoms with van der Waals surface area (Å²) in [5.41, 5.74) is 1.77. The van der Waals surface area contributed by atoms with E-state index in [1.807, 2.05) is 35.1 Å². The van der Waals surface area contributed by atoms with Gasteiger partial charge in [0.25, 0.3) is 0 Å². The van der Waals surface area contributed by atoms with Gasteiger partial charge in [0, 0.05) is 6.54 Å². The van der Waals surface area contributed by atoms with Crippen molar-refractivity contribution in [1.82, 2.24) is 14.9 Å². The second-order valence-electron chi connectivity index (χ2n) is 5.08. The number of aromatic nitrogens is 2. The smallest absolute Gasteiger partial charge is 0.308 e. The van der Waals surface area contributed by atoms with Crippen molar-refractivity contribution in [2.45, 2.75) is 19.2 Å². The number of aliphatic carboxylic acids is 1. The number of fused-ring (bicyclic) bond motifs is 1. The zero-order valence-electron chi connectivity index (χ0n) is 12.6. The number of hydrogen-bond donors (Lipinski definition) is 2. The molecule has 2 aromatic rings. The molecule has 0 aliphatic rings. The van der Waals surface area contributed by atoms with Crippen LogP contribution >= 0.6 is 11.8 Å². The van der Waals surface area contributed by atoms with Gasteiger partial charge in [0.05, 0.1) is 22.7 Å². The fourth-order valence-electron chi connectivity index (χ4n) is 2.09. The van der Waals surface area contributed by atoms with Crippen molar-refractivity contribution in [3.05, 3.63) is 30.1 Å². The van der Waals surface area contributed by atoms with Crippen LogP contribution in [0.25, 0.3) is 11.0 Å². The first-order chi connectivity index (χ1) is 10.5. The molecule has 2 rings (SSSR count). The summed E-state index contributed by atoms with van der Waals surface area (Å²) in [7, 11) is 0. The van der Waals surface area contributed by atoms with E-state index in [1.54, 1.807) is 18.7 Å². The highest BCUT2D eigenvalue weighted by molar-refractivity contribution is 7.97. The van der Waals surface area contributed by atoms with Crippen LogP contribution in [0.5, 0.6) is 0 Å². The predicted molar refractivity (Wildman–Crippen MR) is 86.8 cm³/mol. The summed E-state index contributed by atoms with van der Waals surface area (Å²) in [6.07, 6.45) is 1.98. The number of rotatable bonds is 7. The van der Waals surface area contributed by atoms with Gasteiger partial charge in [0.1, 0.15) is 12.4 Å². The Morgan fingerprint density at radius 3 is 2.82 bits per heavy atom. The lowest BCUT2D eigenvalue weighted by Crippen LogP contribution is -2.34. The first kappa shape index (κ1) is 16.4. The van der Waals surface area contributed by atoms with Gasteiger partial charge in [-0.15, -0.1) is 0 Å². The van der Waals surface area contributed by atoms with Gasteiger partial charge in [-0.05, 0) is 18.4 Å². The number of carboxylic acid groups (broad SMARTS) is 1. The standard InChI is InChI=1S/C15H19N3O3S/c1-10(15(20)21)7-16-14(19)8-18-12-6-4-3-5-11(12)17-13(18)9-22-2/h3-6,10H,7-9H2,1-2H3,(H,16,19)(H,20,21). The van der Waals surface area contributed by atoms with E-state index in [0.717, 1.165) is 16.9 Å². The van der Waals surface area contributed by atoms with Gasteiger partial charge >= 0.3 is 5.97 Å². The third kappa shape index (κ3) is 3.79. The fraction of sp³-hybridized carbons (Fsp3) is 0.400. The maximum absolute atomic E-state index is 12.1. The Bertz CT molecular complexity index is 684. The molecule has 22 heavy (non-hydrogen) atoms. The van der Waals surface area contributed by atoms with E-state index in [4.69, 9.17) is 5.11 Å². The van der Waals surface area contributed by atoms with E-state index in [2.05, 4.69) is 10.3 Å². The summed E-state index contributed by atoms with van der Waals surface area (Å²) in [6.45, 7) is 1.83. The lowest BCUT2D eigenvalue weighted by molar-refractivity contribution is -0.141. The monoisotopic (exact) mass is 321 g/mol. The first-order valence-electron chi connectivity index (χ1n) is 6.95. The van der Waals surface area contributed by atoms with E-state index in [1.165, 1.54) is 0 Å². The first-order valence-corrected chi connectivity index (χ1v) is 8.35. The van der Waals surface area contributed by atoms with E-state index in [0.29, 0.717) is 5.75 Å². The number of thioether (sulfide) groups is 1. The number of carbonyl (C=O) groups is 2. The van der Waals surface area contributed by atoms with Gasteiger partial charge < -0.3 is 15.0 Å². The van der Waals surface area contributed by atoms with Crippen LogP contribution in [0.2, 0.25) is 0 Å². The Kier molecular flexibility index (Phi) is 5.43. The molecule has 0 aliphatic heterocycles. The molecule has 7 heteroatoms. The molecule has 2 N–H and O–H groups in total. The molecule has 1 unspecified atom stereocenters. The van der Waals surface area contributed by atoms with E-state index >= 15 is 0 Å². The molecule has 0 fully saturated rings. The second kappa shape index (κ2) is 7.31. The number of amides is 1. The number of hydrogen-bond acceptors (Lipinski definition) is 4. The maximum atomic E-state index is 12.1. The quantitative estimate of drug-likeness (QED) is 0.811. The van der Waals surface area contributed by atoms with Crippen LogP contribution < -0.4 is 5.32 Å². The topological polar surface area (TPSA) is 84.2 Å². The lowest BCUT2D eigenvalue weighted by atomic mass is 10.2. The van der Waals surface area contributed by atoms with Crippen molar-refractivity contribution in [3.63, 3.8) is 0 Å². The average molecular weight is 321 g/mol. The largest absolute Gasteiger partial charge is 0.481 e. The molecule has 0 saturated heterocycles. The molecular weight excluding hydrogens is 302 g/mol. The van der Waals surface area contributed by atoms with Crippen LogP contribution in [-0.2, 0) is 21.9 Å². The van der Waals surface area contributed by atoms with Gasteiger partial charge in [0.2, 0.25) is 5.91 Å². The Morgan fingerprint density at radius 1 is 1.41 bits per heavy atom. The fourth-order valence-corrected chi connectivity index (χ4v) is 2.57. The molecule has 0 bridgehead atoms. The SMILES string of the molecule is CSCc1nc2ccccc2n1CC(=O)NCC(C)C(=O)O. The third-order valence-electron chi connectivity index (χ3n) is 3.34. The van der Waals surface area contributed by atoms with E-state index < -0.39 is 11.9 Å². The summed E-state index contributed by atoms with van der Waals surface area (Å²) < 4.78 is 1.88. The highest BCUT2D eigenvalue weighted by atomic mass is 32.2. The Labute approximate surface area is 132 Å². The van der Waals surface area contributed by atoms with Crippen molar-refractivity contribution in [3.8, 4) is 0 Å². The highest BCUT2D eigenvalue weighted by Crippen LogP contribution is 2.18. The van der Waals surface area contributed by atoms with Crippen molar-refractivity contribution in [2.75, 3.05) is 12.8 Å². The van der Waals surface area contributed by atoms with Crippen LogP contribution in [-0.4, -0.2) is 39.3 Å². The van der Waals surface area contributed by atoms with Gasteiger partial charge in [-0.2, -0.15) is 11.8 Å². The number of nitrogens with zero attached hydrogens (tertiary/aromatic N) is 2. The minimum atomic E-state index is -0.920. The summed E-state index contributed by atoms with van der Waals surface area (Å²) >= 11 is 1.64. The highest BCUT2D eigenvalue weighted by Gasteiger charge is 2.15. The third-order valence-corrected chi connectivity index (χ3v) is 3.88. The van der Waals surface area contributed by atoms with Gasteiger partial charge in [-0.3, -0.25) is 9.59 Å². The summed E-state index contributed by atoms with van der Waals surface area (Å²) in [4.78, 5) is 27.4. The summed E-state index contributed by atoms with van der Waals surface area (Å²) in [6, 6.07) is 7.67. The minimum absolute atomic E-state index is 0.124. The molecule has 0 radical (unpaired) electrons. The molecule has 0 saturated carbocycles. The number of carbonyl (C=O) groups excluding carboxylic acids is 1. The van der Waals surface area contributed by atoms with Crippen LogP contribution in [0.1, 0.15) is 12.7 Å². The second-order valence-corrected chi connectivity index (χ2v) is 5.95. The van der Waals surface area contributed by atoms with E-state index in [9.17, 15) is 9.59 Å². The zero-order valence-corrected chi connectivity index (χ0v) is 13.4. The van der Waals surface area contributed by atoms with Crippen molar-refractivity contribution in [2.24, 2.45) is 5.92 Å². The zero-order chi connectivity index (χ0) is 16.1. The Balaban J connectivity index is 2.14. The summed E-state index contributed by atoms with van der Waals surface area (Å²) in [5.74, 6) is -0.174. The van der Waals surface area contributed by atoms with Crippen LogP contribution in [0.3, 0.4) is 0 Å². The van der Waals surface area contributed by atoms with Crippen LogP contribution in [0.4, 0.5) is 0 Å². The lowest BCUT2D eigenvalue weighted by Gasteiger charge is -2.11. The Morgan fingerprint density at radius 2 is 2.14 bits per heavy atom. The number of imidazole rings is 1. The molecule has 118 valence electrons. The number of carboxylic acids is 1. The van der Waals surface area contributed by atoms with Crippen LogP contribution in [0.15, 0.2) is 24.3 Å². The average Bonchev–Trinajstić information content (AvgIpc) is 2.83. The van der Waals surface area contributed by atoms with Gasteiger partial charge in [-0.1, -0.05) is 19.1 Å². The normalized spacial score (nSPS) is 12.3. The molecule has 1 heterocycles. The molecule has 0 spiro atoms. The van der Waals surface area contributed by atoms with Crippen molar-refractivity contribution < 1.29 is 14.7 Å².